The first-order valence-corrected chi connectivity index (χ1v) is 10.1. The van der Waals surface area contributed by atoms with Gasteiger partial charge in [0.2, 0.25) is 5.91 Å². The van der Waals surface area contributed by atoms with Crippen LogP contribution in [0.3, 0.4) is 0 Å². The van der Waals surface area contributed by atoms with Crippen molar-refractivity contribution >= 4 is 29.8 Å². The Hall–Kier alpha value is -3.47. The van der Waals surface area contributed by atoms with E-state index in [1.807, 2.05) is 0 Å². The molecule has 11 heteroatoms. The molecule has 2 rings (SSSR count). The van der Waals surface area contributed by atoms with E-state index in [4.69, 9.17) is 15.6 Å². The Morgan fingerprint density at radius 2 is 1.84 bits per heavy atom. The van der Waals surface area contributed by atoms with Crippen molar-refractivity contribution in [3.05, 3.63) is 35.9 Å². The fourth-order valence-electron chi connectivity index (χ4n) is 3.72. The van der Waals surface area contributed by atoms with Crippen LogP contribution in [-0.2, 0) is 30.5 Å². The lowest BCUT2D eigenvalue weighted by atomic mass is 9.95. The molecule has 1 aromatic rings. The topological polar surface area (TPSA) is 168 Å². The number of benzene rings is 1. The number of carboxylic acids is 2. The van der Waals surface area contributed by atoms with Crippen LogP contribution in [0.1, 0.15) is 38.2 Å². The van der Waals surface area contributed by atoms with E-state index >= 15 is 0 Å². The van der Waals surface area contributed by atoms with Gasteiger partial charge in [-0.3, -0.25) is 14.4 Å². The maximum Gasteiger partial charge on any atom is 0.417 e. The molecule has 4 N–H and O–H groups in total. The summed E-state index contributed by atoms with van der Waals surface area (Å²) in [5, 5.41) is 18.7. The lowest BCUT2D eigenvalue weighted by Crippen LogP contribution is -2.62. The molecule has 2 atom stereocenters. The largest absolute Gasteiger partial charge is 0.481 e. The highest BCUT2D eigenvalue weighted by Gasteiger charge is 2.51. The number of ether oxygens (including phenoxy) is 1. The summed E-state index contributed by atoms with van der Waals surface area (Å²) in [7, 11) is 0. The predicted octanol–water partition coefficient (Wildman–Crippen LogP) is 0.810. The molecule has 0 spiro atoms. The van der Waals surface area contributed by atoms with Gasteiger partial charge in [0, 0.05) is 13.0 Å². The molecule has 0 aliphatic carbocycles. The Morgan fingerprint density at radius 1 is 1.19 bits per heavy atom. The van der Waals surface area contributed by atoms with Gasteiger partial charge in [-0.15, -0.1) is 0 Å². The molecule has 174 valence electrons. The molecule has 0 aromatic heterocycles. The van der Waals surface area contributed by atoms with E-state index in [2.05, 4.69) is 0 Å². The summed E-state index contributed by atoms with van der Waals surface area (Å²) < 4.78 is 5.20. The number of aliphatic carboxylic acids is 2. The zero-order valence-electron chi connectivity index (χ0n) is 17.7. The van der Waals surface area contributed by atoms with E-state index in [1.54, 1.807) is 30.3 Å². The first-order valence-electron chi connectivity index (χ1n) is 10.1. The van der Waals surface area contributed by atoms with Crippen molar-refractivity contribution in [3.8, 4) is 0 Å². The standard InChI is InChI=1S/C21H27N3O8/c1-21(10-5-11-23(21)16(25)12-22)19(30)24(15(18(28)29)8-9-17(26)27)20(31)32-13-14-6-3-2-4-7-14/h2-4,6-7,15H,5,8-13,22H2,1H3,(H,26,27)(H,28,29)/t15-,21-/m0/s1. The average molecular weight is 449 g/mol. The average Bonchev–Trinajstić information content (AvgIpc) is 3.17. The van der Waals surface area contributed by atoms with Crippen molar-refractivity contribution in [1.29, 1.82) is 0 Å². The number of rotatable bonds is 9. The number of nitrogens with zero attached hydrogens (tertiary/aromatic N) is 2. The molecule has 1 aliphatic heterocycles. The molecule has 1 fully saturated rings. The molecule has 0 radical (unpaired) electrons. The maximum absolute atomic E-state index is 13.5. The minimum atomic E-state index is -1.78. The summed E-state index contributed by atoms with van der Waals surface area (Å²) in [6, 6.07) is 6.77. The minimum absolute atomic E-state index is 0.186. The highest BCUT2D eigenvalue weighted by atomic mass is 16.6. The van der Waals surface area contributed by atoms with Crippen molar-refractivity contribution in [2.75, 3.05) is 13.1 Å². The lowest BCUT2D eigenvalue weighted by Gasteiger charge is -2.38. The van der Waals surface area contributed by atoms with Crippen LogP contribution in [0.25, 0.3) is 0 Å². The van der Waals surface area contributed by atoms with Gasteiger partial charge in [0.25, 0.3) is 5.91 Å². The highest BCUT2D eigenvalue weighted by molar-refractivity contribution is 6.02. The van der Waals surface area contributed by atoms with E-state index in [9.17, 15) is 29.1 Å². The zero-order valence-corrected chi connectivity index (χ0v) is 17.7. The molecule has 1 heterocycles. The predicted molar refractivity (Wildman–Crippen MR) is 110 cm³/mol. The van der Waals surface area contributed by atoms with Crippen LogP contribution in [0.4, 0.5) is 4.79 Å². The number of hydrogen-bond donors (Lipinski definition) is 3. The molecule has 32 heavy (non-hydrogen) atoms. The molecule has 3 amide bonds. The van der Waals surface area contributed by atoms with E-state index in [0.29, 0.717) is 16.9 Å². The molecule has 1 saturated heterocycles. The van der Waals surface area contributed by atoms with Crippen molar-refractivity contribution in [3.63, 3.8) is 0 Å². The number of likely N-dealkylation sites (tertiary alicyclic amines) is 1. The fourth-order valence-corrected chi connectivity index (χ4v) is 3.72. The maximum atomic E-state index is 13.5. The van der Waals surface area contributed by atoms with E-state index in [0.717, 1.165) is 0 Å². The summed E-state index contributed by atoms with van der Waals surface area (Å²) >= 11 is 0. The Bertz CT molecular complexity index is 875. The minimum Gasteiger partial charge on any atom is -0.481 e. The van der Waals surface area contributed by atoms with Gasteiger partial charge in [-0.05, 0) is 31.7 Å². The summed E-state index contributed by atoms with van der Waals surface area (Å²) in [5.74, 6) is -4.32. The van der Waals surface area contributed by atoms with E-state index in [1.165, 1.54) is 11.8 Å². The third-order valence-electron chi connectivity index (χ3n) is 5.43. The third-order valence-corrected chi connectivity index (χ3v) is 5.43. The first-order chi connectivity index (χ1) is 15.1. The molecule has 0 saturated carbocycles. The van der Waals surface area contributed by atoms with Crippen molar-refractivity contribution < 1.29 is 38.9 Å². The van der Waals surface area contributed by atoms with Gasteiger partial charge >= 0.3 is 18.0 Å². The molecule has 11 nitrogen and oxygen atoms in total. The zero-order chi connectivity index (χ0) is 23.9. The monoisotopic (exact) mass is 449 g/mol. The Balaban J connectivity index is 2.38. The summed E-state index contributed by atoms with van der Waals surface area (Å²) in [6.45, 7) is 1.07. The van der Waals surface area contributed by atoms with Crippen molar-refractivity contribution in [2.45, 2.75) is 50.8 Å². The van der Waals surface area contributed by atoms with Crippen LogP contribution in [0, 0.1) is 0 Å². The molecule has 1 aromatic carbocycles. The number of carboxylic acid groups (broad SMARTS) is 2. The third kappa shape index (κ3) is 5.61. The summed E-state index contributed by atoms with van der Waals surface area (Å²) in [6.07, 6.45) is -1.70. The highest BCUT2D eigenvalue weighted by Crippen LogP contribution is 2.32. The van der Waals surface area contributed by atoms with Crippen LogP contribution in [0.15, 0.2) is 30.3 Å². The van der Waals surface area contributed by atoms with Gasteiger partial charge in [0.15, 0.2) is 0 Å². The number of nitrogens with two attached hydrogens (primary N) is 1. The molecule has 0 unspecified atom stereocenters. The molecular formula is C21H27N3O8. The second-order valence-electron chi connectivity index (χ2n) is 7.63. The van der Waals surface area contributed by atoms with Crippen LogP contribution in [0.5, 0.6) is 0 Å². The van der Waals surface area contributed by atoms with Crippen LogP contribution in [-0.4, -0.2) is 74.5 Å². The number of carbonyl (C=O) groups is 5. The SMILES string of the molecule is C[C@@]1(C(=O)N(C(=O)OCc2ccccc2)[C@@H](CCC(=O)O)C(=O)O)CCCN1C(=O)CN. The second kappa shape index (κ2) is 10.7. The summed E-state index contributed by atoms with van der Waals surface area (Å²) in [5.41, 5.74) is 4.54. The van der Waals surface area contributed by atoms with E-state index < -0.39 is 54.3 Å². The fraction of sp³-hybridized carbons (Fsp3) is 0.476. The molecule has 1 aliphatic rings. The Kier molecular flexibility index (Phi) is 8.30. The number of hydrogen-bond acceptors (Lipinski definition) is 7. The lowest BCUT2D eigenvalue weighted by molar-refractivity contribution is -0.156. The Morgan fingerprint density at radius 3 is 2.41 bits per heavy atom. The molecular weight excluding hydrogens is 422 g/mol. The number of amides is 3. The van der Waals surface area contributed by atoms with Crippen molar-refractivity contribution in [2.24, 2.45) is 5.73 Å². The van der Waals surface area contributed by atoms with Gasteiger partial charge < -0.3 is 25.6 Å². The van der Waals surface area contributed by atoms with Crippen LogP contribution in [0.2, 0.25) is 0 Å². The summed E-state index contributed by atoms with van der Waals surface area (Å²) in [4.78, 5) is 63.3. The van der Waals surface area contributed by atoms with Crippen LogP contribution >= 0.6 is 0 Å². The first kappa shape index (κ1) is 24.8. The number of imide groups is 1. The second-order valence-corrected chi connectivity index (χ2v) is 7.63. The van der Waals surface area contributed by atoms with Gasteiger partial charge in [-0.1, -0.05) is 30.3 Å². The quantitative estimate of drug-likeness (QED) is 0.494. The number of carbonyl (C=O) groups excluding carboxylic acids is 3. The smallest absolute Gasteiger partial charge is 0.417 e. The van der Waals surface area contributed by atoms with Crippen molar-refractivity contribution in [1.82, 2.24) is 9.80 Å². The van der Waals surface area contributed by atoms with E-state index in [-0.39, 0.29) is 26.1 Å². The van der Waals surface area contributed by atoms with Crippen LogP contribution < -0.4 is 5.73 Å². The van der Waals surface area contributed by atoms with Gasteiger partial charge in [-0.2, -0.15) is 0 Å². The normalized spacial score (nSPS) is 18.6. The van der Waals surface area contributed by atoms with Gasteiger partial charge in [0.1, 0.15) is 18.2 Å². The molecule has 0 bridgehead atoms. The van der Waals surface area contributed by atoms with Gasteiger partial charge in [-0.25, -0.2) is 14.5 Å². The van der Waals surface area contributed by atoms with Gasteiger partial charge in [0.05, 0.1) is 6.54 Å². The Labute approximate surface area is 184 Å².